The van der Waals surface area contributed by atoms with Crippen LogP contribution >= 0.6 is 24.0 Å². The fourth-order valence-electron chi connectivity index (χ4n) is 1.72. The summed E-state index contributed by atoms with van der Waals surface area (Å²) in [5.41, 5.74) is 5.88. The zero-order valence-electron chi connectivity index (χ0n) is 8.27. The van der Waals surface area contributed by atoms with Crippen molar-refractivity contribution in [2.45, 2.75) is 18.9 Å². The number of hydrogen-bond acceptors (Lipinski definition) is 4. The molecule has 0 aliphatic carbocycles. The number of halogens is 2. The molecule has 0 bridgehead atoms. The van der Waals surface area contributed by atoms with E-state index in [-0.39, 0.29) is 18.4 Å². The average molecular weight is 249 g/mol. The zero-order valence-corrected chi connectivity index (χ0v) is 9.84. The molecule has 2 heterocycles. The predicted octanol–water partition coefficient (Wildman–Crippen LogP) is 1.48. The standard InChI is InChI=1S/C9H13ClN4.ClH/c10-9-12-4-3-8(13-9)14-5-1-2-7(11)6-14;/h3-4,7H,1-2,5-6,11H2;1H. The first-order chi connectivity index (χ1) is 6.75. The van der Waals surface area contributed by atoms with Gasteiger partial charge in [-0.2, -0.15) is 0 Å². The highest BCUT2D eigenvalue weighted by Gasteiger charge is 2.17. The quantitative estimate of drug-likeness (QED) is 0.766. The molecule has 1 aliphatic heterocycles. The molecule has 84 valence electrons. The molecule has 1 fully saturated rings. The number of hydrogen-bond donors (Lipinski definition) is 1. The van der Waals surface area contributed by atoms with Gasteiger partial charge >= 0.3 is 0 Å². The monoisotopic (exact) mass is 248 g/mol. The van der Waals surface area contributed by atoms with Crippen LogP contribution in [0, 0.1) is 0 Å². The fraction of sp³-hybridized carbons (Fsp3) is 0.556. The Labute approximate surface area is 100 Å². The third-order valence-corrected chi connectivity index (χ3v) is 2.58. The van der Waals surface area contributed by atoms with Gasteiger partial charge in [0.2, 0.25) is 5.28 Å². The summed E-state index contributed by atoms with van der Waals surface area (Å²) >= 11 is 5.72. The van der Waals surface area contributed by atoms with Gasteiger partial charge in [-0.1, -0.05) is 0 Å². The van der Waals surface area contributed by atoms with Crippen LogP contribution in [-0.2, 0) is 0 Å². The smallest absolute Gasteiger partial charge is 0.224 e. The largest absolute Gasteiger partial charge is 0.355 e. The topological polar surface area (TPSA) is 55.0 Å². The molecule has 0 aromatic carbocycles. The Morgan fingerprint density at radius 2 is 2.33 bits per heavy atom. The maximum absolute atomic E-state index is 5.88. The Hall–Kier alpha value is -0.580. The van der Waals surface area contributed by atoms with Gasteiger partial charge < -0.3 is 10.6 Å². The minimum Gasteiger partial charge on any atom is -0.355 e. The van der Waals surface area contributed by atoms with E-state index in [0.29, 0.717) is 5.28 Å². The summed E-state index contributed by atoms with van der Waals surface area (Å²) in [6.45, 7) is 1.86. The van der Waals surface area contributed by atoms with Crippen molar-refractivity contribution < 1.29 is 0 Å². The minimum atomic E-state index is 0. The Morgan fingerprint density at radius 3 is 3.00 bits per heavy atom. The van der Waals surface area contributed by atoms with Gasteiger partial charge in [-0.25, -0.2) is 9.97 Å². The Kier molecular flexibility index (Phi) is 4.57. The summed E-state index contributed by atoms with van der Waals surface area (Å²) in [6, 6.07) is 2.11. The molecular formula is C9H14Cl2N4. The van der Waals surface area contributed by atoms with Crippen LogP contribution in [0.15, 0.2) is 12.3 Å². The molecule has 1 aromatic heterocycles. The molecule has 1 atom stereocenters. The second-order valence-corrected chi connectivity index (χ2v) is 3.87. The first-order valence-electron chi connectivity index (χ1n) is 4.75. The van der Waals surface area contributed by atoms with E-state index in [2.05, 4.69) is 14.9 Å². The molecule has 0 amide bonds. The van der Waals surface area contributed by atoms with Gasteiger partial charge in [-0.05, 0) is 30.5 Å². The second kappa shape index (κ2) is 5.49. The first kappa shape index (κ1) is 12.5. The number of aromatic nitrogens is 2. The van der Waals surface area contributed by atoms with E-state index in [9.17, 15) is 0 Å². The first-order valence-corrected chi connectivity index (χ1v) is 5.12. The highest BCUT2D eigenvalue weighted by molar-refractivity contribution is 6.28. The fourth-order valence-corrected chi connectivity index (χ4v) is 1.86. The third-order valence-electron chi connectivity index (χ3n) is 2.39. The van der Waals surface area contributed by atoms with Crippen molar-refractivity contribution in [3.63, 3.8) is 0 Å². The number of nitrogens with zero attached hydrogens (tertiary/aromatic N) is 3. The summed E-state index contributed by atoms with van der Waals surface area (Å²) in [4.78, 5) is 10.2. The van der Waals surface area contributed by atoms with Crippen LogP contribution in [0.2, 0.25) is 5.28 Å². The maximum Gasteiger partial charge on any atom is 0.224 e. The van der Waals surface area contributed by atoms with E-state index >= 15 is 0 Å². The Bertz CT molecular complexity index is 321. The maximum atomic E-state index is 5.88. The second-order valence-electron chi connectivity index (χ2n) is 3.53. The molecule has 1 aliphatic rings. The van der Waals surface area contributed by atoms with E-state index in [1.54, 1.807) is 6.20 Å². The minimum absolute atomic E-state index is 0. The van der Waals surface area contributed by atoms with Crippen LogP contribution in [0.1, 0.15) is 12.8 Å². The molecule has 1 aromatic rings. The SMILES string of the molecule is Cl.NC1CCCN(c2ccnc(Cl)n2)C1. The molecule has 0 spiro atoms. The van der Waals surface area contributed by atoms with Crippen molar-refractivity contribution in [3.8, 4) is 0 Å². The van der Waals surface area contributed by atoms with E-state index in [1.165, 1.54) is 0 Å². The van der Waals surface area contributed by atoms with E-state index in [0.717, 1.165) is 31.7 Å². The lowest BCUT2D eigenvalue weighted by Gasteiger charge is -2.31. The lowest BCUT2D eigenvalue weighted by Crippen LogP contribution is -2.43. The van der Waals surface area contributed by atoms with E-state index in [4.69, 9.17) is 17.3 Å². The van der Waals surface area contributed by atoms with Crippen LogP contribution in [-0.4, -0.2) is 29.1 Å². The highest BCUT2D eigenvalue weighted by Crippen LogP contribution is 2.17. The molecule has 0 radical (unpaired) electrons. The van der Waals surface area contributed by atoms with Crippen molar-refractivity contribution in [1.29, 1.82) is 0 Å². The zero-order chi connectivity index (χ0) is 9.97. The molecule has 15 heavy (non-hydrogen) atoms. The highest BCUT2D eigenvalue weighted by atomic mass is 35.5. The number of rotatable bonds is 1. The van der Waals surface area contributed by atoms with Gasteiger partial charge in [0.15, 0.2) is 0 Å². The van der Waals surface area contributed by atoms with Crippen molar-refractivity contribution in [2.75, 3.05) is 18.0 Å². The number of anilines is 1. The molecule has 4 nitrogen and oxygen atoms in total. The summed E-state index contributed by atoms with van der Waals surface area (Å²) < 4.78 is 0. The van der Waals surface area contributed by atoms with Crippen LogP contribution < -0.4 is 10.6 Å². The lowest BCUT2D eigenvalue weighted by atomic mass is 10.1. The third kappa shape index (κ3) is 3.19. The van der Waals surface area contributed by atoms with Crippen molar-refractivity contribution >= 4 is 29.8 Å². The van der Waals surface area contributed by atoms with Gasteiger partial charge in [0.05, 0.1) is 0 Å². The Balaban J connectivity index is 0.00000112. The van der Waals surface area contributed by atoms with Gasteiger partial charge in [0.1, 0.15) is 5.82 Å². The Morgan fingerprint density at radius 1 is 1.53 bits per heavy atom. The van der Waals surface area contributed by atoms with E-state index < -0.39 is 0 Å². The molecule has 6 heteroatoms. The summed E-state index contributed by atoms with van der Waals surface area (Å²) in [5, 5.41) is 0.293. The molecule has 0 saturated carbocycles. The summed E-state index contributed by atoms with van der Waals surface area (Å²) in [6.07, 6.45) is 3.88. The van der Waals surface area contributed by atoms with Gasteiger partial charge in [0, 0.05) is 25.3 Å². The summed E-state index contributed by atoms with van der Waals surface area (Å²) in [5.74, 6) is 0.875. The predicted molar refractivity (Wildman–Crippen MR) is 63.7 cm³/mol. The number of nitrogens with two attached hydrogens (primary N) is 1. The normalized spacial score (nSPS) is 20.9. The van der Waals surface area contributed by atoms with Crippen molar-refractivity contribution in [3.05, 3.63) is 17.5 Å². The van der Waals surface area contributed by atoms with Gasteiger partial charge in [-0.15, -0.1) is 12.4 Å². The van der Waals surface area contributed by atoms with Gasteiger partial charge in [-0.3, -0.25) is 0 Å². The van der Waals surface area contributed by atoms with E-state index in [1.807, 2.05) is 6.07 Å². The molecular weight excluding hydrogens is 235 g/mol. The van der Waals surface area contributed by atoms with Crippen LogP contribution in [0.5, 0.6) is 0 Å². The summed E-state index contributed by atoms with van der Waals surface area (Å²) in [7, 11) is 0. The van der Waals surface area contributed by atoms with Crippen LogP contribution in [0.3, 0.4) is 0 Å². The van der Waals surface area contributed by atoms with Crippen LogP contribution in [0.4, 0.5) is 5.82 Å². The van der Waals surface area contributed by atoms with Crippen molar-refractivity contribution in [1.82, 2.24) is 9.97 Å². The van der Waals surface area contributed by atoms with Crippen LogP contribution in [0.25, 0.3) is 0 Å². The van der Waals surface area contributed by atoms with Gasteiger partial charge in [0.25, 0.3) is 0 Å². The number of piperidine rings is 1. The average Bonchev–Trinajstić information content (AvgIpc) is 2.18. The molecule has 2 rings (SSSR count). The molecule has 1 unspecified atom stereocenters. The lowest BCUT2D eigenvalue weighted by molar-refractivity contribution is 0.503. The molecule has 1 saturated heterocycles. The van der Waals surface area contributed by atoms with Crippen molar-refractivity contribution in [2.24, 2.45) is 5.73 Å². The molecule has 2 N–H and O–H groups in total.